The molecule has 0 bridgehead atoms. The zero-order valence-corrected chi connectivity index (χ0v) is 18.5. The van der Waals surface area contributed by atoms with Gasteiger partial charge < -0.3 is 10.0 Å². The van der Waals surface area contributed by atoms with Crippen LogP contribution in [-0.2, 0) is 10.4 Å². The van der Waals surface area contributed by atoms with Crippen molar-refractivity contribution in [1.29, 1.82) is 0 Å². The topological polar surface area (TPSA) is 57.6 Å². The summed E-state index contributed by atoms with van der Waals surface area (Å²) in [5, 5.41) is 13.5. The second-order valence-electron chi connectivity index (χ2n) is 7.82. The number of amides is 1. The molecule has 0 aliphatic carbocycles. The van der Waals surface area contributed by atoms with Crippen LogP contribution in [0.1, 0.15) is 48.5 Å². The Morgan fingerprint density at radius 2 is 1.80 bits per heavy atom. The number of anilines is 1. The number of rotatable bonds is 7. The van der Waals surface area contributed by atoms with Gasteiger partial charge in [-0.2, -0.15) is 0 Å². The number of hydrogen-bond acceptors (Lipinski definition) is 3. The number of ketones is 1. The van der Waals surface area contributed by atoms with Gasteiger partial charge in [-0.25, -0.2) is 0 Å². The third-order valence-corrected chi connectivity index (χ3v) is 6.41. The van der Waals surface area contributed by atoms with Gasteiger partial charge >= 0.3 is 0 Å². The van der Waals surface area contributed by atoms with E-state index in [1.807, 2.05) is 42.5 Å². The largest absolute Gasteiger partial charge is 0.375 e. The first-order valence-electron chi connectivity index (χ1n) is 10.3. The Kier molecular flexibility index (Phi) is 5.76. The Morgan fingerprint density at radius 1 is 1.03 bits per heavy atom. The third-order valence-electron chi connectivity index (χ3n) is 5.77. The molecule has 0 saturated carbocycles. The number of unbranched alkanes of at least 4 members (excludes halogenated alkanes) is 2. The van der Waals surface area contributed by atoms with Crippen LogP contribution in [0.15, 0.2) is 65.1 Å². The standard InChI is InChI=1S/C25H24BrNO3/c1-2-3-6-14-27-23-20(10-7-11-21(23)26)25(30,24(27)29)16-22(28)19-13-12-17-8-4-5-9-18(17)15-19/h4-5,7-13,15,30H,2-3,6,14,16H2,1H3. The molecule has 0 saturated heterocycles. The lowest BCUT2D eigenvalue weighted by Gasteiger charge is -2.23. The lowest BCUT2D eigenvalue weighted by Crippen LogP contribution is -2.42. The van der Waals surface area contributed by atoms with E-state index in [-0.39, 0.29) is 12.2 Å². The van der Waals surface area contributed by atoms with Crippen LogP contribution in [0.25, 0.3) is 10.8 Å². The Balaban J connectivity index is 1.67. The van der Waals surface area contributed by atoms with Crippen LogP contribution < -0.4 is 4.90 Å². The number of carbonyl (C=O) groups is 2. The molecular weight excluding hydrogens is 442 g/mol. The zero-order valence-electron chi connectivity index (χ0n) is 16.9. The van der Waals surface area contributed by atoms with Crippen molar-refractivity contribution < 1.29 is 14.7 Å². The van der Waals surface area contributed by atoms with Crippen LogP contribution in [0.4, 0.5) is 5.69 Å². The van der Waals surface area contributed by atoms with E-state index < -0.39 is 11.5 Å². The third kappa shape index (κ3) is 3.57. The molecule has 1 unspecified atom stereocenters. The highest BCUT2D eigenvalue weighted by molar-refractivity contribution is 9.10. The predicted molar refractivity (Wildman–Crippen MR) is 123 cm³/mol. The summed E-state index contributed by atoms with van der Waals surface area (Å²) in [5.41, 5.74) is -0.190. The number of nitrogens with zero attached hydrogens (tertiary/aromatic N) is 1. The fourth-order valence-electron chi connectivity index (χ4n) is 4.16. The first-order chi connectivity index (χ1) is 14.5. The Bertz CT molecular complexity index is 1130. The van der Waals surface area contributed by atoms with Gasteiger partial charge in [0.25, 0.3) is 5.91 Å². The van der Waals surface area contributed by atoms with Crippen molar-refractivity contribution in [3.8, 4) is 0 Å². The quantitative estimate of drug-likeness (QED) is 0.364. The minimum atomic E-state index is -1.85. The van der Waals surface area contributed by atoms with Crippen molar-refractivity contribution in [2.24, 2.45) is 0 Å². The van der Waals surface area contributed by atoms with Crippen LogP contribution in [0.5, 0.6) is 0 Å². The van der Waals surface area contributed by atoms with Gasteiger partial charge in [0.05, 0.1) is 12.1 Å². The minimum Gasteiger partial charge on any atom is -0.375 e. The maximum Gasteiger partial charge on any atom is 0.264 e. The SMILES string of the molecule is CCCCCN1C(=O)C(O)(CC(=O)c2ccc3ccccc3c2)c2cccc(Br)c21. The van der Waals surface area contributed by atoms with E-state index in [1.54, 1.807) is 23.1 Å². The number of aliphatic hydroxyl groups is 1. The van der Waals surface area contributed by atoms with Gasteiger partial charge in [0, 0.05) is 22.1 Å². The van der Waals surface area contributed by atoms with E-state index >= 15 is 0 Å². The Morgan fingerprint density at radius 3 is 2.57 bits per heavy atom. The highest BCUT2D eigenvalue weighted by Crippen LogP contribution is 2.46. The molecule has 0 spiro atoms. The zero-order chi connectivity index (χ0) is 21.3. The van der Waals surface area contributed by atoms with E-state index in [2.05, 4.69) is 22.9 Å². The Hall–Kier alpha value is -2.50. The van der Waals surface area contributed by atoms with Crippen molar-refractivity contribution in [3.05, 3.63) is 76.3 Å². The normalized spacial score (nSPS) is 18.1. The molecule has 0 radical (unpaired) electrons. The smallest absolute Gasteiger partial charge is 0.264 e. The highest BCUT2D eigenvalue weighted by atomic mass is 79.9. The summed E-state index contributed by atoms with van der Waals surface area (Å²) in [7, 11) is 0. The summed E-state index contributed by atoms with van der Waals surface area (Å²) in [6.07, 6.45) is 2.60. The van der Waals surface area contributed by atoms with E-state index in [9.17, 15) is 14.7 Å². The second-order valence-corrected chi connectivity index (χ2v) is 8.68. The molecular formula is C25H24BrNO3. The maximum absolute atomic E-state index is 13.3. The van der Waals surface area contributed by atoms with Crippen LogP contribution in [-0.4, -0.2) is 23.3 Å². The lowest BCUT2D eigenvalue weighted by atomic mass is 9.87. The molecule has 5 heteroatoms. The monoisotopic (exact) mass is 465 g/mol. The summed E-state index contributed by atoms with van der Waals surface area (Å²) in [4.78, 5) is 28.1. The van der Waals surface area contributed by atoms with Crippen molar-refractivity contribution in [2.45, 2.75) is 38.2 Å². The number of Topliss-reactive ketones (excluding diaryl/α,β-unsaturated/α-hetero) is 1. The number of hydrogen-bond donors (Lipinski definition) is 1. The molecule has 1 aliphatic rings. The van der Waals surface area contributed by atoms with Gasteiger partial charge in [-0.05, 0) is 45.3 Å². The van der Waals surface area contributed by atoms with Crippen molar-refractivity contribution in [3.63, 3.8) is 0 Å². The van der Waals surface area contributed by atoms with Crippen molar-refractivity contribution in [1.82, 2.24) is 0 Å². The fourth-order valence-corrected chi connectivity index (χ4v) is 4.74. The molecule has 1 aliphatic heterocycles. The number of halogens is 1. The van der Waals surface area contributed by atoms with Crippen LogP contribution >= 0.6 is 15.9 Å². The minimum absolute atomic E-state index is 0.252. The van der Waals surface area contributed by atoms with Gasteiger partial charge in [0.15, 0.2) is 11.4 Å². The predicted octanol–water partition coefficient (Wildman–Crippen LogP) is 5.60. The van der Waals surface area contributed by atoms with Gasteiger partial charge in [0.1, 0.15) is 0 Å². The van der Waals surface area contributed by atoms with E-state index in [0.29, 0.717) is 23.4 Å². The number of carbonyl (C=O) groups excluding carboxylic acids is 2. The second kappa shape index (κ2) is 8.32. The summed E-state index contributed by atoms with van der Waals surface area (Å²) < 4.78 is 0.749. The molecule has 0 aromatic heterocycles. The van der Waals surface area contributed by atoms with Crippen LogP contribution in [0.2, 0.25) is 0 Å². The molecule has 3 aromatic rings. The van der Waals surface area contributed by atoms with E-state index in [1.165, 1.54) is 0 Å². The lowest BCUT2D eigenvalue weighted by molar-refractivity contribution is -0.135. The first kappa shape index (κ1) is 20.8. The molecule has 4 nitrogen and oxygen atoms in total. The highest BCUT2D eigenvalue weighted by Gasteiger charge is 2.51. The summed E-state index contributed by atoms with van der Waals surface area (Å²) in [6.45, 7) is 2.63. The van der Waals surface area contributed by atoms with Gasteiger partial charge in [0.2, 0.25) is 0 Å². The van der Waals surface area contributed by atoms with Gasteiger partial charge in [-0.1, -0.05) is 68.3 Å². The first-order valence-corrected chi connectivity index (χ1v) is 11.1. The average Bonchev–Trinajstić information content (AvgIpc) is 2.96. The molecule has 154 valence electrons. The molecule has 1 heterocycles. The summed E-state index contributed by atoms with van der Waals surface area (Å²) in [6, 6.07) is 18.7. The Labute approximate surface area is 184 Å². The molecule has 0 fully saturated rings. The summed E-state index contributed by atoms with van der Waals surface area (Å²) >= 11 is 3.52. The van der Waals surface area contributed by atoms with Crippen molar-refractivity contribution >= 4 is 44.1 Å². The molecule has 4 rings (SSSR count). The molecule has 1 N–H and O–H groups in total. The maximum atomic E-state index is 13.3. The molecule has 1 amide bonds. The summed E-state index contributed by atoms with van der Waals surface area (Å²) in [5.74, 6) is -0.674. The number of fused-ring (bicyclic) bond motifs is 2. The van der Waals surface area contributed by atoms with Crippen LogP contribution in [0, 0.1) is 0 Å². The van der Waals surface area contributed by atoms with E-state index in [0.717, 1.165) is 34.5 Å². The van der Waals surface area contributed by atoms with E-state index in [4.69, 9.17) is 0 Å². The van der Waals surface area contributed by atoms with Gasteiger partial charge in [-0.15, -0.1) is 0 Å². The molecule has 30 heavy (non-hydrogen) atoms. The molecule has 3 aromatic carbocycles. The van der Waals surface area contributed by atoms with Crippen LogP contribution in [0.3, 0.4) is 0 Å². The van der Waals surface area contributed by atoms with Gasteiger partial charge in [-0.3, -0.25) is 9.59 Å². The average molecular weight is 466 g/mol. The molecule has 1 atom stereocenters. The van der Waals surface area contributed by atoms with Crippen molar-refractivity contribution in [2.75, 3.05) is 11.4 Å². The fraction of sp³-hybridized carbons (Fsp3) is 0.280. The number of benzene rings is 3. The number of para-hydroxylation sites is 1.